The van der Waals surface area contributed by atoms with Gasteiger partial charge in [0.05, 0.1) is 6.42 Å². The van der Waals surface area contributed by atoms with Crippen LogP contribution < -0.4 is 10.6 Å². The molecule has 1 aromatic rings. The van der Waals surface area contributed by atoms with Gasteiger partial charge < -0.3 is 10.2 Å². The molecule has 1 saturated heterocycles. The number of hydrogen-bond donors (Lipinski definition) is 2. The van der Waals surface area contributed by atoms with Gasteiger partial charge in [-0.3, -0.25) is 14.9 Å². The molecule has 2 aliphatic rings. The number of carbonyl (C=O) groups excluding carboxylic acids is 2. The highest BCUT2D eigenvalue weighted by Gasteiger charge is 2.30. The lowest BCUT2D eigenvalue weighted by molar-refractivity contribution is -0.125. The van der Waals surface area contributed by atoms with E-state index in [1.807, 2.05) is 11.8 Å². The molecule has 3 rings (SSSR count). The molecule has 1 aromatic carbocycles. The normalized spacial score (nSPS) is 21.1. The van der Waals surface area contributed by atoms with Crippen molar-refractivity contribution in [2.75, 3.05) is 18.4 Å². The van der Waals surface area contributed by atoms with Crippen molar-refractivity contribution in [2.24, 2.45) is 4.99 Å². The zero-order valence-corrected chi connectivity index (χ0v) is 14.4. The van der Waals surface area contributed by atoms with Crippen molar-refractivity contribution < 1.29 is 9.59 Å². The van der Waals surface area contributed by atoms with Gasteiger partial charge in [0.25, 0.3) is 0 Å². The van der Waals surface area contributed by atoms with E-state index in [1.165, 1.54) is 6.42 Å². The molecule has 0 radical (unpaired) electrons. The summed E-state index contributed by atoms with van der Waals surface area (Å²) in [4.78, 5) is 31.0. The Kier molecular flexibility index (Phi) is 5.04. The summed E-state index contributed by atoms with van der Waals surface area (Å²) in [5.41, 5.74) is 1.45. The van der Waals surface area contributed by atoms with Crippen molar-refractivity contribution in [1.29, 1.82) is 0 Å². The molecule has 2 amide bonds. The topological polar surface area (TPSA) is 73.8 Å². The summed E-state index contributed by atoms with van der Waals surface area (Å²) in [6.45, 7) is 3.57. The van der Waals surface area contributed by atoms with Crippen molar-refractivity contribution >= 4 is 35.1 Å². The largest absolute Gasteiger partial charge is 0.343 e. The van der Waals surface area contributed by atoms with Crippen LogP contribution in [0, 0.1) is 6.92 Å². The Bertz CT molecular complexity index is 683. The van der Waals surface area contributed by atoms with Crippen LogP contribution in [0.15, 0.2) is 23.2 Å². The average Bonchev–Trinajstić information content (AvgIpc) is 2.59. The molecule has 24 heavy (non-hydrogen) atoms. The van der Waals surface area contributed by atoms with Crippen molar-refractivity contribution in [1.82, 2.24) is 10.2 Å². The zero-order valence-electron chi connectivity index (χ0n) is 13.6. The quantitative estimate of drug-likeness (QED) is 0.861. The van der Waals surface area contributed by atoms with Gasteiger partial charge in [0.2, 0.25) is 17.8 Å². The molecule has 2 aliphatic heterocycles. The second kappa shape index (κ2) is 7.21. The second-order valence-corrected chi connectivity index (χ2v) is 6.58. The van der Waals surface area contributed by atoms with Crippen LogP contribution in [0.5, 0.6) is 0 Å². The third-order valence-electron chi connectivity index (χ3n) is 4.39. The molecule has 0 spiro atoms. The van der Waals surface area contributed by atoms with E-state index >= 15 is 0 Å². The van der Waals surface area contributed by atoms with Crippen molar-refractivity contribution in [3.05, 3.63) is 28.8 Å². The Labute approximate surface area is 146 Å². The number of likely N-dealkylation sites (tertiary alicyclic amines) is 1. The molecule has 0 aliphatic carbocycles. The van der Waals surface area contributed by atoms with Gasteiger partial charge in [-0.25, -0.2) is 4.99 Å². The summed E-state index contributed by atoms with van der Waals surface area (Å²) >= 11 is 6.08. The smallest absolute Gasteiger partial charge is 0.249 e. The maximum atomic E-state index is 12.5. The number of benzene rings is 1. The van der Waals surface area contributed by atoms with Crippen LogP contribution in [-0.4, -0.2) is 41.8 Å². The molecule has 2 heterocycles. The number of guanidine groups is 1. The van der Waals surface area contributed by atoms with Gasteiger partial charge in [0.1, 0.15) is 6.04 Å². The first-order chi connectivity index (χ1) is 11.5. The summed E-state index contributed by atoms with van der Waals surface area (Å²) in [6, 6.07) is 4.62. The van der Waals surface area contributed by atoms with Crippen LogP contribution in [0.25, 0.3) is 0 Å². The molecular weight excluding hydrogens is 328 g/mol. The Balaban J connectivity index is 1.75. The van der Waals surface area contributed by atoms with E-state index in [4.69, 9.17) is 11.6 Å². The van der Waals surface area contributed by atoms with Gasteiger partial charge in [0.15, 0.2) is 0 Å². The maximum absolute atomic E-state index is 12.5. The third kappa shape index (κ3) is 3.70. The number of aliphatic imine (C=N–C) groups is 1. The highest BCUT2D eigenvalue weighted by atomic mass is 35.5. The molecule has 128 valence electrons. The molecule has 0 aromatic heterocycles. The summed E-state index contributed by atoms with van der Waals surface area (Å²) < 4.78 is 0. The monoisotopic (exact) mass is 348 g/mol. The van der Waals surface area contributed by atoms with E-state index in [0.717, 1.165) is 31.5 Å². The average molecular weight is 349 g/mol. The van der Waals surface area contributed by atoms with Crippen LogP contribution in [0.3, 0.4) is 0 Å². The SMILES string of the molecule is Cc1c(Cl)cccc1NC(=O)[C@H]1CC(=O)NC(N2CCCCC2)=N1. The van der Waals surface area contributed by atoms with Crippen molar-refractivity contribution in [3.63, 3.8) is 0 Å². The minimum atomic E-state index is -0.714. The number of carbonyl (C=O) groups is 2. The van der Waals surface area contributed by atoms with E-state index in [9.17, 15) is 9.59 Å². The van der Waals surface area contributed by atoms with Crippen LogP contribution in [-0.2, 0) is 9.59 Å². The Hall–Kier alpha value is -2.08. The number of amides is 2. The minimum Gasteiger partial charge on any atom is -0.343 e. The number of anilines is 1. The molecule has 0 unspecified atom stereocenters. The molecule has 1 atom stereocenters. The van der Waals surface area contributed by atoms with Crippen LogP contribution >= 0.6 is 11.6 Å². The molecule has 0 bridgehead atoms. The van der Waals surface area contributed by atoms with E-state index in [2.05, 4.69) is 15.6 Å². The number of rotatable bonds is 2. The predicted octanol–water partition coefficient (Wildman–Crippen LogP) is 2.32. The second-order valence-electron chi connectivity index (χ2n) is 6.17. The fourth-order valence-corrected chi connectivity index (χ4v) is 3.13. The summed E-state index contributed by atoms with van der Waals surface area (Å²) in [7, 11) is 0. The fraction of sp³-hybridized carbons (Fsp3) is 0.471. The molecule has 2 N–H and O–H groups in total. The lowest BCUT2D eigenvalue weighted by atomic mass is 10.1. The lowest BCUT2D eigenvalue weighted by Gasteiger charge is -2.32. The predicted molar refractivity (Wildman–Crippen MR) is 94.2 cm³/mol. The van der Waals surface area contributed by atoms with Crippen LogP contribution in [0.1, 0.15) is 31.2 Å². The van der Waals surface area contributed by atoms with E-state index in [1.54, 1.807) is 18.2 Å². The molecule has 0 saturated carbocycles. The van der Waals surface area contributed by atoms with Gasteiger partial charge in [0, 0.05) is 23.8 Å². The summed E-state index contributed by atoms with van der Waals surface area (Å²) in [5.74, 6) is 0.0622. The van der Waals surface area contributed by atoms with Gasteiger partial charge in [-0.2, -0.15) is 0 Å². The van der Waals surface area contributed by atoms with Crippen LogP contribution in [0.4, 0.5) is 5.69 Å². The van der Waals surface area contributed by atoms with E-state index in [-0.39, 0.29) is 18.2 Å². The number of piperidine rings is 1. The van der Waals surface area contributed by atoms with Gasteiger partial charge in [-0.05, 0) is 43.9 Å². The molecule has 1 fully saturated rings. The Morgan fingerprint density at radius 2 is 2.08 bits per heavy atom. The minimum absolute atomic E-state index is 0.0583. The maximum Gasteiger partial charge on any atom is 0.249 e. The van der Waals surface area contributed by atoms with Gasteiger partial charge >= 0.3 is 0 Å². The van der Waals surface area contributed by atoms with E-state index in [0.29, 0.717) is 16.7 Å². The van der Waals surface area contributed by atoms with Gasteiger partial charge in [-0.1, -0.05) is 17.7 Å². The first-order valence-electron chi connectivity index (χ1n) is 8.23. The van der Waals surface area contributed by atoms with E-state index < -0.39 is 6.04 Å². The molecule has 6 nitrogen and oxygen atoms in total. The molecule has 7 heteroatoms. The number of hydrogen-bond acceptors (Lipinski definition) is 4. The van der Waals surface area contributed by atoms with Crippen LogP contribution in [0.2, 0.25) is 5.02 Å². The highest BCUT2D eigenvalue weighted by molar-refractivity contribution is 6.31. The third-order valence-corrected chi connectivity index (χ3v) is 4.80. The molecular formula is C17H21ClN4O2. The first-order valence-corrected chi connectivity index (χ1v) is 8.61. The fourth-order valence-electron chi connectivity index (χ4n) is 2.95. The number of halogens is 1. The summed E-state index contributed by atoms with van der Waals surface area (Å²) in [5, 5.41) is 6.22. The summed E-state index contributed by atoms with van der Waals surface area (Å²) in [6.07, 6.45) is 3.40. The Morgan fingerprint density at radius 3 is 2.83 bits per heavy atom. The lowest BCUT2D eigenvalue weighted by Crippen LogP contribution is -2.51. The van der Waals surface area contributed by atoms with Gasteiger partial charge in [-0.15, -0.1) is 0 Å². The zero-order chi connectivity index (χ0) is 17.1. The standard InChI is InChI=1S/C17H21ClN4O2/c1-11-12(18)6-5-7-13(11)19-16(24)14-10-15(23)21-17(20-14)22-8-3-2-4-9-22/h5-7,14H,2-4,8-10H2,1H3,(H,19,24)(H,20,21,23)/t14-/m1/s1. The van der Waals surface area contributed by atoms with Crippen molar-refractivity contribution in [2.45, 2.75) is 38.6 Å². The number of nitrogens with zero attached hydrogens (tertiary/aromatic N) is 2. The first kappa shape index (κ1) is 16.8. The highest BCUT2D eigenvalue weighted by Crippen LogP contribution is 2.23. The Morgan fingerprint density at radius 1 is 1.33 bits per heavy atom. The number of nitrogens with one attached hydrogen (secondary N) is 2. The van der Waals surface area contributed by atoms with Crippen molar-refractivity contribution in [3.8, 4) is 0 Å².